The number of hydrogen-bond acceptors (Lipinski definition) is 1. The van der Waals surface area contributed by atoms with E-state index in [1.54, 1.807) is 0 Å². The van der Waals surface area contributed by atoms with E-state index in [4.69, 9.17) is 22.4 Å². The Kier molecular flexibility index (Phi) is 7.75. The fourth-order valence-electron chi connectivity index (χ4n) is 7.71. The average molecular weight is 645 g/mol. The third kappa shape index (κ3) is 5.09. The molecule has 5 heteroatoms. The van der Waals surface area contributed by atoms with E-state index in [2.05, 4.69) is 143 Å². The number of halogens is 1. The molecule has 0 saturated carbocycles. The van der Waals surface area contributed by atoms with Crippen LogP contribution in [0.2, 0.25) is 5.02 Å². The quantitative estimate of drug-likeness (QED) is 0.135. The van der Waals surface area contributed by atoms with Crippen molar-refractivity contribution in [1.29, 1.82) is 0 Å². The number of para-hydroxylation sites is 2. The summed E-state index contributed by atoms with van der Waals surface area (Å²) in [6.45, 7) is 0. The summed E-state index contributed by atoms with van der Waals surface area (Å²) in [5.74, 6) is 2.86. The third-order valence-corrected chi connectivity index (χ3v) is 10.8. The highest BCUT2D eigenvalue weighted by molar-refractivity contribution is 6.43. The highest BCUT2D eigenvalue weighted by atomic mass is 35.5. The number of fused-ring (bicyclic) bond motifs is 4. The molecular weight excluding hydrogens is 612 g/mol. The molecule has 8 rings (SSSR count). The molecule has 1 aliphatic rings. The normalized spacial score (nSPS) is 17.1. The van der Waals surface area contributed by atoms with E-state index >= 15 is 0 Å². The maximum absolute atomic E-state index is 6.73. The lowest BCUT2D eigenvalue weighted by Crippen LogP contribution is -2.26. The van der Waals surface area contributed by atoms with Gasteiger partial charge in [-0.2, -0.15) is 0 Å². The molecule has 0 N–H and O–H groups in total. The van der Waals surface area contributed by atoms with Crippen LogP contribution in [0.25, 0.3) is 49.8 Å². The minimum Gasteiger partial charge on any atom is -0.455 e. The van der Waals surface area contributed by atoms with Crippen molar-refractivity contribution < 1.29 is 4.42 Å². The zero-order valence-corrected chi connectivity index (χ0v) is 28.6. The van der Waals surface area contributed by atoms with Gasteiger partial charge in [0.05, 0.1) is 0 Å². The lowest BCUT2D eigenvalue weighted by molar-refractivity contribution is 0.661. The second-order valence-corrected chi connectivity index (χ2v) is 13.5. The average Bonchev–Trinajstić information content (AvgIpc) is 3.71. The van der Waals surface area contributed by atoms with Gasteiger partial charge in [0.25, 0.3) is 0 Å². The molecule has 0 aliphatic heterocycles. The number of terminal acetylenes is 1. The van der Waals surface area contributed by atoms with E-state index in [0.29, 0.717) is 0 Å². The summed E-state index contributed by atoms with van der Waals surface area (Å²) in [6, 6.07) is 49.8. The van der Waals surface area contributed by atoms with Gasteiger partial charge in [-0.25, -0.2) is 0 Å². The van der Waals surface area contributed by atoms with Gasteiger partial charge in [-0.15, -0.1) is 6.42 Å². The monoisotopic (exact) mass is 644 g/mol. The van der Waals surface area contributed by atoms with Crippen LogP contribution in [-0.4, -0.2) is 23.5 Å². The van der Waals surface area contributed by atoms with Crippen molar-refractivity contribution in [1.82, 2.24) is 0 Å². The lowest BCUT2D eigenvalue weighted by Gasteiger charge is -2.32. The Morgan fingerprint density at radius 1 is 0.653 bits per heavy atom. The molecule has 1 unspecified atom stereocenters. The first-order valence-corrected chi connectivity index (χ1v) is 17.1. The van der Waals surface area contributed by atoms with Crippen molar-refractivity contribution in [3.8, 4) is 34.6 Å². The molecule has 0 amide bonds. The maximum Gasteiger partial charge on any atom is 0.149 e. The number of hydrogen-bond donors (Lipinski definition) is 0. The predicted molar refractivity (Wildman–Crippen MR) is 215 cm³/mol. The minimum absolute atomic E-state index is 0.444. The first-order chi connectivity index (χ1) is 23.9. The van der Waals surface area contributed by atoms with Gasteiger partial charge in [-0.1, -0.05) is 150 Å². The number of rotatable bonds is 5. The van der Waals surface area contributed by atoms with E-state index in [0.717, 1.165) is 55.5 Å². The van der Waals surface area contributed by atoms with Crippen LogP contribution in [0, 0.1) is 12.3 Å². The second kappa shape index (κ2) is 12.3. The lowest BCUT2D eigenvalue weighted by atomic mass is 9.66. The molecule has 230 valence electrons. The topological polar surface area (TPSA) is 13.1 Å². The zero-order chi connectivity index (χ0) is 33.7. The van der Waals surface area contributed by atoms with E-state index < -0.39 is 5.41 Å². The van der Waals surface area contributed by atoms with E-state index in [9.17, 15) is 0 Å². The number of furan rings is 1. The van der Waals surface area contributed by atoms with Crippen LogP contribution < -0.4 is 0 Å². The molecule has 1 aromatic heterocycles. The van der Waals surface area contributed by atoms with Gasteiger partial charge in [0.15, 0.2) is 0 Å². The van der Waals surface area contributed by atoms with Crippen molar-refractivity contribution >= 4 is 62.7 Å². The van der Waals surface area contributed by atoms with Crippen molar-refractivity contribution in [2.45, 2.75) is 11.8 Å². The van der Waals surface area contributed by atoms with Crippen LogP contribution in [-0.2, 0) is 5.41 Å². The van der Waals surface area contributed by atoms with Crippen LogP contribution in [0.1, 0.15) is 28.7 Å². The summed E-state index contributed by atoms with van der Waals surface area (Å²) in [5.41, 5.74) is 15.4. The Morgan fingerprint density at radius 3 is 2.00 bits per heavy atom. The van der Waals surface area contributed by atoms with E-state index in [-0.39, 0.29) is 0 Å². The second-order valence-electron chi connectivity index (χ2n) is 13.1. The van der Waals surface area contributed by atoms with Crippen LogP contribution in [0.4, 0.5) is 0 Å². The molecule has 0 radical (unpaired) electrons. The van der Waals surface area contributed by atoms with Gasteiger partial charge in [-0.05, 0) is 74.6 Å². The highest BCUT2D eigenvalue weighted by Crippen LogP contribution is 2.55. The van der Waals surface area contributed by atoms with Gasteiger partial charge >= 0.3 is 0 Å². The van der Waals surface area contributed by atoms with Crippen LogP contribution in [0.3, 0.4) is 0 Å². The molecule has 1 aliphatic carbocycles. The van der Waals surface area contributed by atoms with Gasteiger partial charge < -0.3 is 4.42 Å². The smallest absolute Gasteiger partial charge is 0.149 e. The van der Waals surface area contributed by atoms with Gasteiger partial charge in [-0.3, -0.25) is 0 Å². The molecule has 1 atom stereocenters. The van der Waals surface area contributed by atoms with E-state index in [1.165, 1.54) is 44.4 Å². The summed E-state index contributed by atoms with van der Waals surface area (Å²) >= 11 is 6.73. The largest absolute Gasteiger partial charge is 0.455 e. The minimum atomic E-state index is -0.444. The Hall–Kier alpha value is -5.36. The summed E-state index contributed by atoms with van der Waals surface area (Å²) in [6.07, 6.45) is 6.67. The Balaban J connectivity index is 1.33. The van der Waals surface area contributed by atoms with Crippen molar-refractivity contribution in [3.63, 3.8) is 0 Å². The van der Waals surface area contributed by atoms with E-state index in [1.807, 2.05) is 26.0 Å². The summed E-state index contributed by atoms with van der Waals surface area (Å²) in [4.78, 5) is 0. The molecule has 7 aromatic rings. The Morgan fingerprint density at radius 2 is 1.29 bits per heavy atom. The molecule has 1 nitrogen and oxygen atoms in total. The molecule has 0 fully saturated rings. The molecule has 0 bridgehead atoms. The predicted octanol–water partition coefficient (Wildman–Crippen LogP) is 8.77. The number of allylic oxidation sites excluding steroid dienone is 4. The van der Waals surface area contributed by atoms with Gasteiger partial charge in [0, 0.05) is 26.8 Å². The summed E-state index contributed by atoms with van der Waals surface area (Å²) in [7, 11) is 6.34. The summed E-state index contributed by atoms with van der Waals surface area (Å²) in [5, 5.41) is 2.99. The van der Waals surface area contributed by atoms with Gasteiger partial charge in [0.2, 0.25) is 0 Å². The molecular formula is C44H32B3ClO. The Labute approximate surface area is 295 Å². The van der Waals surface area contributed by atoms with Crippen molar-refractivity contribution in [3.05, 3.63) is 183 Å². The SMILES string of the molecule is B/C(C#C)=C(B)/C(B)=C1\CC(c2ccc(-c3ccccc3)cc2)(c2ccc(-c3cccc4c3oc3ccccc34)cc2)c2ccc(Cl)cc21. The first kappa shape index (κ1) is 30.9. The van der Waals surface area contributed by atoms with Crippen LogP contribution in [0.5, 0.6) is 0 Å². The third-order valence-electron chi connectivity index (χ3n) is 10.6. The molecule has 0 spiro atoms. The molecule has 49 heavy (non-hydrogen) atoms. The summed E-state index contributed by atoms with van der Waals surface area (Å²) < 4.78 is 6.42. The van der Waals surface area contributed by atoms with Crippen LogP contribution >= 0.6 is 11.6 Å². The fraction of sp³-hybridized carbons (Fsp3) is 0.0455. The van der Waals surface area contributed by atoms with Crippen LogP contribution in [0.15, 0.2) is 160 Å². The van der Waals surface area contributed by atoms with Crippen molar-refractivity contribution in [2.75, 3.05) is 0 Å². The first-order valence-electron chi connectivity index (χ1n) is 16.7. The standard InChI is InChI=1S/C44H32B3ClO/c1-2-39(45)42(47)41(46)37-26-44(38-24-23-32(48)25-36(37)38,30-19-15-28(16-20-30)27-9-4-3-5-10-27)31-21-17-29(18-22-31)33-12-8-13-35-34-11-6-7-14-40(34)49-43(33)35/h1,3-25H,26,45-47H2/b41-37-,42-39-. The molecule has 6 aromatic carbocycles. The maximum atomic E-state index is 6.73. The fourth-order valence-corrected chi connectivity index (χ4v) is 7.88. The molecule has 0 saturated heterocycles. The number of benzene rings is 6. The highest BCUT2D eigenvalue weighted by Gasteiger charge is 2.44. The molecule has 1 heterocycles. The van der Waals surface area contributed by atoms with Gasteiger partial charge in [0.1, 0.15) is 34.7 Å². The van der Waals surface area contributed by atoms with Crippen molar-refractivity contribution in [2.24, 2.45) is 0 Å². The Bertz CT molecular complexity index is 2500. The zero-order valence-electron chi connectivity index (χ0n) is 27.8.